The Kier molecular flexibility index (Phi) is 2.49. The van der Waals surface area contributed by atoms with Crippen molar-refractivity contribution in [3.05, 3.63) is 41.9 Å². The Morgan fingerprint density at radius 1 is 1.32 bits per heavy atom. The lowest BCUT2D eigenvalue weighted by atomic mass is 9.95. The van der Waals surface area contributed by atoms with E-state index < -0.39 is 11.4 Å². The van der Waals surface area contributed by atoms with Gasteiger partial charge in [-0.25, -0.2) is 4.98 Å². The molecule has 1 aliphatic carbocycles. The summed E-state index contributed by atoms with van der Waals surface area (Å²) in [6.45, 7) is 1.96. The van der Waals surface area contributed by atoms with Gasteiger partial charge in [-0.05, 0) is 25.3 Å². The van der Waals surface area contributed by atoms with Crippen LogP contribution in [-0.2, 0) is 17.3 Å². The summed E-state index contributed by atoms with van der Waals surface area (Å²) in [5, 5.41) is 9.27. The van der Waals surface area contributed by atoms with Gasteiger partial charge < -0.3 is 9.67 Å². The van der Waals surface area contributed by atoms with E-state index in [9.17, 15) is 9.90 Å². The van der Waals surface area contributed by atoms with Gasteiger partial charge in [-0.3, -0.25) is 4.79 Å². The van der Waals surface area contributed by atoms with Crippen LogP contribution in [0.15, 0.2) is 30.5 Å². The lowest BCUT2D eigenvalue weighted by Crippen LogP contribution is -2.19. The highest BCUT2D eigenvalue weighted by Gasteiger charge is 2.51. The molecule has 1 fully saturated rings. The molecule has 1 N–H and O–H groups in total. The van der Waals surface area contributed by atoms with Crippen LogP contribution in [0.4, 0.5) is 0 Å². The maximum absolute atomic E-state index is 11.3. The molecule has 0 aliphatic heterocycles. The molecule has 1 saturated carbocycles. The van der Waals surface area contributed by atoms with Crippen LogP contribution in [0.1, 0.15) is 24.2 Å². The number of hydrogen-bond acceptors (Lipinski definition) is 2. The predicted octanol–water partition coefficient (Wildman–Crippen LogP) is 2.51. The van der Waals surface area contributed by atoms with Crippen LogP contribution < -0.4 is 0 Å². The molecule has 0 amide bonds. The fourth-order valence-corrected chi connectivity index (χ4v) is 2.41. The van der Waals surface area contributed by atoms with Crippen molar-refractivity contribution in [1.29, 1.82) is 0 Å². The zero-order valence-electron chi connectivity index (χ0n) is 11.1. The summed E-state index contributed by atoms with van der Waals surface area (Å²) in [6, 6.07) is 7.75. The predicted molar refractivity (Wildman–Crippen MR) is 71.9 cm³/mol. The molecule has 0 radical (unpaired) electrons. The molecule has 3 rings (SSSR count). The first-order chi connectivity index (χ1) is 9.03. The van der Waals surface area contributed by atoms with Crippen molar-refractivity contribution in [2.45, 2.75) is 25.2 Å². The molecule has 0 unspecified atom stereocenters. The van der Waals surface area contributed by atoms with Crippen LogP contribution >= 0.6 is 0 Å². The number of rotatable bonds is 3. The average Bonchev–Trinajstić information content (AvgIpc) is 3.13. The Labute approximate surface area is 111 Å². The lowest BCUT2D eigenvalue weighted by molar-refractivity contribution is -0.140. The zero-order valence-corrected chi connectivity index (χ0v) is 11.1. The molecule has 0 spiro atoms. The maximum Gasteiger partial charge on any atom is 0.314 e. The number of aliphatic carboxylic acids is 1. The van der Waals surface area contributed by atoms with Crippen molar-refractivity contribution < 1.29 is 9.90 Å². The monoisotopic (exact) mass is 256 g/mol. The fraction of sp³-hybridized carbons (Fsp3) is 0.333. The number of hydrogen-bond donors (Lipinski definition) is 1. The summed E-state index contributed by atoms with van der Waals surface area (Å²) in [5.74, 6) is 0.247. The zero-order chi connectivity index (χ0) is 13.6. The third-order valence-corrected chi connectivity index (χ3v) is 4.00. The molecule has 19 heavy (non-hydrogen) atoms. The topological polar surface area (TPSA) is 55.1 Å². The standard InChI is InChI=1S/C15H16N2O2/c1-10-16-13(9-17(10)2)11-3-5-12(6-4-11)15(7-8-15)14(18)19/h3-6,9H,7-8H2,1-2H3,(H,18,19). The van der Waals surface area contributed by atoms with Crippen molar-refractivity contribution in [2.24, 2.45) is 7.05 Å². The third kappa shape index (κ3) is 1.84. The SMILES string of the molecule is Cc1nc(-c2ccc(C3(C(=O)O)CC3)cc2)cn1C. The summed E-state index contributed by atoms with van der Waals surface area (Å²) in [7, 11) is 1.96. The van der Waals surface area contributed by atoms with Crippen LogP contribution in [0.3, 0.4) is 0 Å². The highest BCUT2D eigenvalue weighted by Crippen LogP contribution is 2.48. The number of nitrogens with zero attached hydrogens (tertiary/aromatic N) is 2. The maximum atomic E-state index is 11.3. The first-order valence-corrected chi connectivity index (χ1v) is 6.37. The third-order valence-electron chi connectivity index (χ3n) is 4.00. The second-order valence-corrected chi connectivity index (χ2v) is 5.25. The van der Waals surface area contributed by atoms with Gasteiger partial charge in [-0.2, -0.15) is 0 Å². The number of carbonyl (C=O) groups is 1. The molecule has 0 bridgehead atoms. The van der Waals surface area contributed by atoms with Crippen molar-refractivity contribution in [1.82, 2.24) is 9.55 Å². The second-order valence-electron chi connectivity index (χ2n) is 5.25. The van der Waals surface area contributed by atoms with E-state index in [1.54, 1.807) is 0 Å². The quantitative estimate of drug-likeness (QED) is 0.918. The molecule has 1 heterocycles. The van der Waals surface area contributed by atoms with Crippen LogP contribution in [0.2, 0.25) is 0 Å². The van der Waals surface area contributed by atoms with Gasteiger partial charge in [0.25, 0.3) is 0 Å². The Balaban J connectivity index is 1.93. The van der Waals surface area contributed by atoms with E-state index in [1.165, 1.54) is 0 Å². The van der Waals surface area contributed by atoms with Gasteiger partial charge in [-0.15, -0.1) is 0 Å². The van der Waals surface area contributed by atoms with E-state index in [0.29, 0.717) is 0 Å². The van der Waals surface area contributed by atoms with Crippen molar-refractivity contribution in [3.8, 4) is 11.3 Å². The summed E-state index contributed by atoms with van der Waals surface area (Å²) in [6.07, 6.45) is 3.46. The average molecular weight is 256 g/mol. The molecule has 1 aromatic heterocycles. The Morgan fingerprint density at radius 3 is 2.37 bits per heavy atom. The van der Waals surface area contributed by atoms with E-state index in [-0.39, 0.29) is 0 Å². The van der Waals surface area contributed by atoms with Crippen molar-refractivity contribution >= 4 is 5.97 Å². The molecule has 1 aromatic carbocycles. The fourth-order valence-electron chi connectivity index (χ4n) is 2.41. The molecule has 1 aliphatic rings. The van der Waals surface area contributed by atoms with Gasteiger partial charge in [0.05, 0.1) is 11.1 Å². The van der Waals surface area contributed by atoms with Crippen molar-refractivity contribution in [2.75, 3.05) is 0 Å². The summed E-state index contributed by atoms with van der Waals surface area (Å²) in [4.78, 5) is 15.7. The summed E-state index contributed by atoms with van der Waals surface area (Å²) in [5.41, 5.74) is 2.22. The number of carboxylic acid groups (broad SMARTS) is 1. The molecule has 98 valence electrons. The van der Waals surface area contributed by atoms with Crippen molar-refractivity contribution in [3.63, 3.8) is 0 Å². The summed E-state index contributed by atoms with van der Waals surface area (Å²) < 4.78 is 1.98. The molecule has 4 nitrogen and oxygen atoms in total. The van der Waals surface area contributed by atoms with Gasteiger partial charge in [0.2, 0.25) is 0 Å². The molecular formula is C15H16N2O2. The second kappa shape index (κ2) is 3.95. The molecule has 0 saturated heterocycles. The number of aromatic nitrogens is 2. The van der Waals surface area contributed by atoms with Crippen LogP contribution in [0, 0.1) is 6.92 Å². The minimum absolute atomic E-state index is 0.626. The van der Waals surface area contributed by atoms with Gasteiger partial charge in [0, 0.05) is 18.8 Å². The molecule has 0 atom stereocenters. The lowest BCUT2D eigenvalue weighted by Gasteiger charge is -2.10. The first-order valence-electron chi connectivity index (χ1n) is 6.37. The van der Waals surface area contributed by atoms with E-state index in [4.69, 9.17) is 0 Å². The van der Waals surface area contributed by atoms with Gasteiger partial charge in [0.1, 0.15) is 5.82 Å². The molecule has 4 heteroatoms. The number of imidazole rings is 1. The Bertz CT molecular complexity index is 617. The largest absolute Gasteiger partial charge is 0.481 e. The highest BCUT2D eigenvalue weighted by atomic mass is 16.4. The molecule has 2 aromatic rings. The number of carboxylic acids is 1. The smallest absolute Gasteiger partial charge is 0.314 e. The van der Waals surface area contributed by atoms with E-state index in [1.807, 2.05) is 49.0 Å². The van der Waals surface area contributed by atoms with Crippen LogP contribution in [0.5, 0.6) is 0 Å². The highest BCUT2D eigenvalue weighted by molar-refractivity contribution is 5.85. The molecular weight excluding hydrogens is 240 g/mol. The van der Waals surface area contributed by atoms with E-state index >= 15 is 0 Å². The normalized spacial score (nSPS) is 16.3. The Morgan fingerprint density at radius 2 is 1.95 bits per heavy atom. The van der Waals surface area contributed by atoms with Gasteiger partial charge in [-0.1, -0.05) is 24.3 Å². The minimum Gasteiger partial charge on any atom is -0.481 e. The Hall–Kier alpha value is -2.10. The minimum atomic E-state index is -0.714. The first kappa shape index (κ1) is 12.0. The van der Waals surface area contributed by atoms with E-state index in [0.717, 1.165) is 35.5 Å². The van der Waals surface area contributed by atoms with Crippen LogP contribution in [0.25, 0.3) is 11.3 Å². The summed E-state index contributed by atoms with van der Waals surface area (Å²) >= 11 is 0. The van der Waals surface area contributed by atoms with Gasteiger partial charge >= 0.3 is 5.97 Å². The van der Waals surface area contributed by atoms with E-state index in [2.05, 4.69) is 4.98 Å². The number of aryl methyl sites for hydroxylation is 2. The number of benzene rings is 1. The van der Waals surface area contributed by atoms with Gasteiger partial charge in [0.15, 0.2) is 0 Å². The van der Waals surface area contributed by atoms with Crippen LogP contribution in [-0.4, -0.2) is 20.6 Å².